The maximum atomic E-state index is 4.41. The normalized spacial score (nSPS) is 18.9. The standard InChI is InChI=1S/C18H25N5/c1-15-13-23(17-7-5-4-6-8-17)10-9-22(15)14-16-11-19-18(20-12-16)21(2)3/h4-8,11-12,15H,9-10,13-14H2,1-3H3/t15-/m0/s1. The fraction of sp³-hybridized carbons (Fsp3) is 0.444. The van der Waals surface area contributed by atoms with Gasteiger partial charge in [-0.2, -0.15) is 0 Å². The molecule has 1 aliphatic heterocycles. The summed E-state index contributed by atoms with van der Waals surface area (Å²) in [6.07, 6.45) is 3.89. The molecule has 122 valence electrons. The van der Waals surface area contributed by atoms with E-state index in [1.165, 1.54) is 11.3 Å². The molecule has 0 N–H and O–H groups in total. The smallest absolute Gasteiger partial charge is 0.224 e. The Bertz CT molecular complexity index is 611. The van der Waals surface area contributed by atoms with Gasteiger partial charge in [0.25, 0.3) is 0 Å². The average molecular weight is 311 g/mol. The van der Waals surface area contributed by atoms with Gasteiger partial charge in [0.1, 0.15) is 0 Å². The van der Waals surface area contributed by atoms with Crippen LogP contribution in [0, 0.1) is 0 Å². The average Bonchev–Trinajstić information content (AvgIpc) is 2.58. The van der Waals surface area contributed by atoms with Crippen molar-refractivity contribution in [3.05, 3.63) is 48.3 Å². The first-order valence-corrected chi connectivity index (χ1v) is 8.16. The Morgan fingerprint density at radius 2 is 1.78 bits per heavy atom. The molecule has 5 heteroatoms. The first-order chi connectivity index (χ1) is 11.1. The summed E-state index contributed by atoms with van der Waals surface area (Å²) in [5.41, 5.74) is 2.49. The first kappa shape index (κ1) is 15.7. The predicted octanol–water partition coefficient (Wildman–Crippen LogP) is 2.25. The van der Waals surface area contributed by atoms with Crippen molar-refractivity contribution >= 4 is 11.6 Å². The van der Waals surface area contributed by atoms with Crippen molar-refractivity contribution < 1.29 is 0 Å². The van der Waals surface area contributed by atoms with Crippen LogP contribution in [0.1, 0.15) is 12.5 Å². The highest BCUT2D eigenvalue weighted by atomic mass is 15.3. The van der Waals surface area contributed by atoms with Crippen LogP contribution in [0.3, 0.4) is 0 Å². The number of piperazine rings is 1. The molecule has 0 bridgehead atoms. The zero-order valence-electron chi connectivity index (χ0n) is 14.2. The fourth-order valence-corrected chi connectivity index (χ4v) is 3.00. The van der Waals surface area contributed by atoms with Crippen LogP contribution in [-0.4, -0.2) is 54.6 Å². The van der Waals surface area contributed by atoms with Gasteiger partial charge in [0, 0.05) is 70.0 Å². The van der Waals surface area contributed by atoms with E-state index in [9.17, 15) is 0 Å². The molecular formula is C18H25N5. The van der Waals surface area contributed by atoms with Gasteiger partial charge in [-0.25, -0.2) is 9.97 Å². The molecule has 0 spiro atoms. The van der Waals surface area contributed by atoms with Crippen LogP contribution in [0.5, 0.6) is 0 Å². The minimum atomic E-state index is 0.512. The molecule has 3 rings (SSSR count). The number of anilines is 2. The molecule has 2 heterocycles. The zero-order valence-corrected chi connectivity index (χ0v) is 14.2. The second kappa shape index (κ2) is 6.96. The molecule has 1 saturated heterocycles. The van der Waals surface area contributed by atoms with Crippen LogP contribution in [0.25, 0.3) is 0 Å². The molecule has 1 aromatic heterocycles. The lowest BCUT2D eigenvalue weighted by atomic mass is 10.1. The van der Waals surface area contributed by atoms with Gasteiger partial charge in [0.15, 0.2) is 0 Å². The van der Waals surface area contributed by atoms with Crippen molar-refractivity contribution in [1.82, 2.24) is 14.9 Å². The minimum Gasteiger partial charge on any atom is -0.369 e. The van der Waals surface area contributed by atoms with Crippen LogP contribution in [0.2, 0.25) is 0 Å². The maximum Gasteiger partial charge on any atom is 0.224 e. The summed E-state index contributed by atoms with van der Waals surface area (Å²) in [6.45, 7) is 6.39. The summed E-state index contributed by atoms with van der Waals surface area (Å²) < 4.78 is 0. The minimum absolute atomic E-state index is 0.512. The van der Waals surface area contributed by atoms with Gasteiger partial charge in [0.2, 0.25) is 5.95 Å². The van der Waals surface area contributed by atoms with E-state index in [0.717, 1.165) is 32.1 Å². The predicted molar refractivity (Wildman–Crippen MR) is 94.9 cm³/mol. The Labute approximate surface area is 138 Å². The van der Waals surface area contributed by atoms with Crippen molar-refractivity contribution in [2.75, 3.05) is 43.5 Å². The molecular weight excluding hydrogens is 286 g/mol. The SMILES string of the molecule is C[C@H]1CN(c2ccccc2)CCN1Cc1cnc(N(C)C)nc1. The molecule has 1 aliphatic rings. The highest BCUT2D eigenvalue weighted by Gasteiger charge is 2.23. The number of benzene rings is 1. The summed E-state index contributed by atoms with van der Waals surface area (Å²) in [5, 5.41) is 0. The molecule has 1 aromatic carbocycles. The van der Waals surface area contributed by atoms with Crippen LogP contribution < -0.4 is 9.80 Å². The lowest BCUT2D eigenvalue weighted by molar-refractivity contribution is 0.180. The van der Waals surface area contributed by atoms with E-state index in [1.807, 2.05) is 31.4 Å². The van der Waals surface area contributed by atoms with E-state index < -0.39 is 0 Å². The Balaban J connectivity index is 1.60. The highest BCUT2D eigenvalue weighted by molar-refractivity contribution is 5.46. The van der Waals surface area contributed by atoms with Crippen molar-refractivity contribution in [2.45, 2.75) is 19.5 Å². The summed E-state index contributed by atoms with van der Waals surface area (Å²) in [6, 6.07) is 11.2. The molecule has 0 unspecified atom stereocenters. The van der Waals surface area contributed by atoms with Gasteiger partial charge in [0.05, 0.1) is 0 Å². The number of rotatable bonds is 4. The van der Waals surface area contributed by atoms with Crippen LogP contribution in [0.4, 0.5) is 11.6 Å². The molecule has 5 nitrogen and oxygen atoms in total. The van der Waals surface area contributed by atoms with Crippen LogP contribution >= 0.6 is 0 Å². The number of nitrogens with zero attached hydrogens (tertiary/aromatic N) is 5. The largest absolute Gasteiger partial charge is 0.369 e. The second-order valence-corrected chi connectivity index (χ2v) is 6.39. The van der Waals surface area contributed by atoms with Gasteiger partial charge in [-0.3, -0.25) is 4.90 Å². The van der Waals surface area contributed by atoms with Crippen LogP contribution in [0.15, 0.2) is 42.7 Å². The lowest BCUT2D eigenvalue weighted by Gasteiger charge is -2.41. The Morgan fingerprint density at radius 1 is 1.09 bits per heavy atom. The van der Waals surface area contributed by atoms with Gasteiger partial charge in [-0.1, -0.05) is 18.2 Å². The molecule has 23 heavy (non-hydrogen) atoms. The van der Waals surface area contributed by atoms with Gasteiger partial charge in [-0.05, 0) is 19.1 Å². The third-order valence-electron chi connectivity index (χ3n) is 4.36. The Morgan fingerprint density at radius 3 is 2.39 bits per heavy atom. The van der Waals surface area contributed by atoms with Crippen molar-refractivity contribution in [3.63, 3.8) is 0 Å². The molecule has 1 fully saturated rings. The molecule has 0 amide bonds. The third-order valence-corrected chi connectivity index (χ3v) is 4.36. The molecule has 1 atom stereocenters. The van der Waals surface area contributed by atoms with Gasteiger partial charge >= 0.3 is 0 Å². The molecule has 0 saturated carbocycles. The van der Waals surface area contributed by atoms with Gasteiger partial charge in [-0.15, -0.1) is 0 Å². The molecule has 0 aliphatic carbocycles. The van der Waals surface area contributed by atoms with Gasteiger partial charge < -0.3 is 9.80 Å². The number of hydrogen-bond acceptors (Lipinski definition) is 5. The monoisotopic (exact) mass is 311 g/mol. The van der Waals surface area contributed by atoms with E-state index in [-0.39, 0.29) is 0 Å². The first-order valence-electron chi connectivity index (χ1n) is 8.16. The fourth-order valence-electron chi connectivity index (χ4n) is 3.00. The summed E-state index contributed by atoms with van der Waals surface area (Å²) in [5.74, 6) is 0.760. The summed E-state index contributed by atoms with van der Waals surface area (Å²) >= 11 is 0. The Kier molecular flexibility index (Phi) is 4.76. The number of hydrogen-bond donors (Lipinski definition) is 0. The van der Waals surface area contributed by atoms with E-state index in [0.29, 0.717) is 6.04 Å². The molecule has 0 radical (unpaired) electrons. The summed E-state index contributed by atoms with van der Waals surface area (Å²) in [4.78, 5) is 15.7. The van der Waals surface area contributed by atoms with Crippen molar-refractivity contribution in [3.8, 4) is 0 Å². The van der Waals surface area contributed by atoms with E-state index in [2.05, 4.69) is 57.0 Å². The van der Waals surface area contributed by atoms with Crippen molar-refractivity contribution in [1.29, 1.82) is 0 Å². The summed E-state index contributed by atoms with van der Waals surface area (Å²) in [7, 11) is 3.92. The lowest BCUT2D eigenvalue weighted by Crippen LogP contribution is -2.51. The van der Waals surface area contributed by atoms with E-state index in [4.69, 9.17) is 0 Å². The van der Waals surface area contributed by atoms with E-state index in [1.54, 1.807) is 0 Å². The topological polar surface area (TPSA) is 35.5 Å². The second-order valence-electron chi connectivity index (χ2n) is 6.39. The third kappa shape index (κ3) is 3.79. The quantitative estimate of drug-likeness (QED) is 0.865. The maximum absolute atomic E-state index is 4.41. The van der Waals surface area contributed by atoms with Crippen LogP contribution in [-0.2, 0) is 6.54 Å². The van der Waals surface area contributed by atoms with Crippen molar-refractivity contribution in [2.24, 2.45) is 0 Å². The van der Waals surface area contributed by atoms with E-state index >= 15 is 0 Å². The Hall–Kier alpha value is -2.14. The zero-order chi connectivity index (χ0) is 16.2. The highest BCUT2D eigenvalue weighted by Crippen LogP contribution is 2.20. The number of para-hydroxylation sites is 1. The molecule has 2 aromatic rings. The number of aromatic nitrogens is 2.